The molecule has 6 aromatic heterocycles. The van der Waals surface area contributed by atoms with Crippen LogP contribution in [0.2, 0.25) is 0 Å². The maximum Gasteiger partial charge on any atom is 0.176 e. The summed E-state index contributed by atoms with van der Waals surface area (Å²) in [5, 5.41) is 0. The molecule has 12 nitrogen and oxygen atoms in total. The molecule has 0 aliphatic heterocycles. The molecule has 0 amide bonds. The standard InChI is InChI=1S/C16H21N3O.2C8H10N4.Os/c1-3-10-19(11-12-20-2)14-7-9-18-16(13-14)15-6-4-5-8-17-15;2*1-11-5-3-9-7(11)8-10-4-6-12(8)2;/h4-9,13H,3,10-12H2,1-2H3;2*3-6H,1-2H3;. The van der Waals surface area contributed by atoms with Gasteiger partial charge in [0.15, 0.2) is 23.3 Å². The van der Waals surface area contributed by atoms with E-state index >= 15 is 0 Å². The summed E-state index contributed by atoms with van der Waals surface area (Å²) in [7, 11) is 9.55. The van der Waals surface area contributed by atoms with E-state index in [-0.39, 0.29) is 19.8 Å². The number of imidazole rings is 4. The summed E-state index contributed by atoms with van der Waals surface area (Å²) < 4.78 is 13.0. The fourth-order valence-electron chi connectivity index (χ4n) is 4.44. The van der Waals surface area contributed by atoms with E-state index in [9.17, 15) is 0 Å². The Labute approximate surface area is 277 Å². The van der Waals surface area contributed by atoms with Crippen LogP contribution in [-0.4, -0.2) is 75.0 Å². The molecule has 0 fully saturated rings. The molecule has 13 heteroatoms. The monoisotopic (exact) mass is 787 g/mol. The predicted molar refractivity (Wildman–Crippen MR) is 173 cm³/mol. The van der Waals surface area contributed by atoms with Gasteiger partial charge in [0, 0.05) is 136 Å². The molecule has 0 aromatic carbocycles. The molecule has 6 heterocycles. The van der Waals surface area contributed by atoms with Crippen molar-refractivity contribution in [2.24, 2.45) is 28.2 Å². The molecule has 45 heavy (non-hydrogen) atoms. The number of methoxy groups -OCH3 is 1. The van der Waals surface area contributed by atoms with E-state index in [0.717, 1.165) is 60.8 Å². The number of anilines is 1. The first-order valence-corrected chi connectivity index (χ1v) is 14.4. The van der Waals surface area contributed by atoms with Crippen LogP contribution in [0.1, 0.15) is 13.3 Å². The molecule has 0 saturated heterocycles. The van der Waals surface area contributed by atoms with Gasteiger partial charge >= 0.3 is 0 Å². The summed E-state index contributed by atoms with van der Waals surface area (Å²) in [6.07, 6.45) is 19.4. The average Bonchev–Trinajstić information content (AvgIpc) is 3.86. The second-order valence-corrected chi connectivity index (χ2v) is 10.0. The third-order valence-corrected chi connectivity index (χ3v) is 6.78. The van der Waals surface area contributed by atoms with E-state index in [0.29, 0.717) is 0 Å². The quantitative estimate of drug-likeness (QED) is 0.209. The molecular weight excluding hydrogens is 745 g/mol. The van der Waals surface area contributed by atoms with Crippen molar-refractivity contribution in [2.75, 3.05) is 31.7 Å². The van der Waals surface area contributed by atoms with E-state index in [2.05, 4.69) is 47.8 Å². The Morgan fingerprint density at radius 2 is 1.09 bits per heavy atom. The summed E-state index contributed by atoms with van der Waals surface area (Å²) >= 11 is 0. The summed E-state index contributed by atoms with van der Waals surface area (Å²) in [5.41, 5.74) is 2.97. The normalized spacial score (nSPS) is 10.3. The summed E-state index contributed by atoms with van der Waals surface area (Å²) in [5.74, 6) is 3.56. The van der Waals surface area contributed by atoms with Crippen LogP contribution >= 0.6 is 0 Å². The van der Waals surface area contributed by atoms with Gasteiger partial charge < -0.3 is 27.9 Å². The molecule has 238 valence electrons. The third-order valence-electron chi connectivity index (χ3n) is 6.78. The molecule has 0 N–H and O–H groups in total. The van der Waals surface area contributed by atoms with Gasteiger partial charge in [0.1, 0.15) is 0 Å². The Hall–Kier alpha value is -4.46. The van der Waals surface area contributed by atoms with Gasteiger partial charge in [-0.1, -0.05) is 13.0 Å². The summed E-state index contributed by atoms with van der Waals surface area (Å²) in [6.45, 7) is 4.80. The van der Waals surface area contributed by atoms with Crippen molar-refractivity contribution in [2.45, 2.75) is 13.3 Å². The Kier molecular flexibility index (Phi) is 13.8. The maximum atomic E-state index is 5.19. The van der Waals surface area contributed by atoms with Crippen LogP contribution in [0.5, 0.6) is 0 Å². The van der Waals surface area contributed by atoms with Crippen molar-refractivity contribution < 1.29 is 24.5 Å². The van der Waals surface area contributed by atoms with Gasteiger partial charge in [-0.3, -0.25) is 9.97 Å². The van der Waals surface area contributed by atoms with Gasteiger partial charge in [0.25, 0.3) is 0 Å². The molecule has 6 rings (SSSR count). The number of hydrogen-bond donors (Lipinski definition) is 0. The van der Waals surface area contributed by atoms with Gasteiger partial charge in [-0.15, -0.1) is 0 Å². The van der Waals surface area contributed by atoms with Gasteiger partial charge in [-0.05, 0) is 30.7 Å². The first-order valence-electron chi connectivity index (χ1n) is 14.4. The van der Waals surface area contributed by atoms with Crippen LogP contribution in [0, 0.1) is 0 Å². The number of pyridine rings is 2. The number of hydrogen-bond acceptors (Lipinski definition) is 8. The molecule has 0 spiro atoms. The van der Waals surface area contributed by atoms with Crippen molar-refractivity contribution >= 4 is 5.69 Å². The minimum Gasteiger partial charge on any atom is -0.383 e. The van der Waals surface area contributed by atoms with Crippen molar-refractivity contribution in [3.05, 3.63) is 92.3 Å². The van der Waals surface area contributed by atoms with E-state index < -0.39 is 0 Å². The zero-order valence-corrected chi connectivity index (χ0v) is 29.2. The molecule has 0 bridgehead atoms. The summed E-state index contributed by atoms with van der Waals surface area (Å²) in [6, 6.07) is 10.00. The van der Waals surface area contributed by atoms with E-state index in [1.165, 1.54) is 5.69 Å². The number of aromatic nitrogens is 10. The number of rotatable bonds is 9. The molecule has 0 unspecified atom stereocenters. The molecule has 0 aliphatic carbocycles. The van der Waals surface area contributed by atoms with E-state index in [1.54, 1.807) is 38.1 Å². The first kappa shape index (κ1) is 35.0. The van der Waals surface area contributed by atoms with Gasteiger partial charge in [0.2, 0.25) is 0 Å². The number of aryl methyl sites for hydroxylation is 4. The van der Waals surface area contributed by atoms with Crippen molar-refractivity contribution in [1.82, 2.24) is 48.2 Å². The van der Waals surface area contributed by atoms with Crippen LogP contribution in [0.4, 0.5) is 5.69 Å². The number of ether oxygens (including phenoxy) is 1. The van der Waals surface area contributed by atoms with E-state index in [4.69, 9.17) is 4.74 Å². The third kappa shape index (κ3) is 9.51. The van der Waals surface area contributed by atoms with Crippen LogP contribution in [0.3, 0.4) is 0 Å². The second kappa shape index (κ2) is 17.7. The van der Waals surface area contributed by atoms with Crippen molar-refractivity contribution in [3.8, 4) is 34.7 Å². The predicted octanol–water partition coefficient (Wildman–Crippen LogP) is 4.65. The first-order chi connectivity index (χ1) is 21.4. The topological polar surface area (TPSA) is 110 Å². The second-order valence-electron chi connectivity index (χ2n) is 10.0. The average molecular weight is 786 g/mol. The van der Waals surface area contributed by atoms with Crippen LogP contribution < -0.4 is 4.90 Å². The Balaban J connectivity index is 0.000000191. The molecule has 0 atom stereocenters. The molecule has 0 saturated carbocycles. The van der Waals surface area contributed by atoms with Gasteiger partial charge in [-0.2, -0.15) is 0 Å². The molecule has 0 radical (unpaired) electrons. The van der Waals surface area contributed by atoms with Gasteiger partial charge in [0.05, 0.1) is 18.0 Å². The zero-order chi connectivity index (χ0) is 31.3. The Morgan fingerprint density at radius 1 is 0.600 bits per heavy atom. The Bertz CT molecular complexity index is 1540. The Morgan fingerprint density at radius 3 is 1.47 bits per heavy atom. The molecule has 0 aliphatic rings. The zero-order valence-electron chi connectivity index (χ0n) is 26.7. The summed E-state index contributed by atoms with van der Waals surface area (Å²) in [4.78, 5) is 27.9. The fourth-order valence-corrected chi connectivity index (χ4v) is 4.44. The minimum absolute atomic E-state index is 0. The number of nitrogens with zero attached hydrogens (tertiary/aromatic N) is 11. The fraction of sp³-hybridized carbons (Fsp3) is 0.312. The minimum atomic E-state index is 0. The van der Waals surface area contributed by atoms with Crippen molar-refractivity contribution in [1.29, 1.82) is 0 Å². The van der Waals surface area contributed by atoms with Gasteiger partial charge in [-0.25, -0.2) is 19.9 Å². The van der Waals surface area contributed by atoms with E-state index in [1.807, 2.05) is 102 Å². The SMILES string of the molecule is CCCN(CCOC)c1ccnc(-c2ccccn2)c1.Cn1ccnc1-c1nccn1C.Cn1ccnc1-c1nccn1C.[Os]. The molecular formula is C32H41N11OOs. The largest absolute Gasteiger partial charge is 0.383 e. The smallest absolute Gasteiger partial charge is 0.176 e. The van der Waals surface area contributed by atoms with Crippen LogP contribution in [-0.2, 0) is 52.7 Å². The van der Waals surface area contributed by atoms with Crippen LogP contribution in [0.25, 0.3) is 34.7 Å². The molecule has 6 aromatic rings. The maximum absolute atomic E-state index is 5.19. The van der Waals surface area contributed by atoms with Crippen LogP contribution in [0.15, 0.2) is 92.3 Å². The van der Waals surface area contributed by atoms with Crippen molar-refractivity contribution in [3.63, 3.8) is 0 Å².